The van der Waals surface area contributed by atoms with Gasteiger partial charge in [-0.3, -0.25) is 4.79 Å². The van der Waals surface area contributed by atoms with Gasteiger partial charge in [-0.25, -0.2) is 0 Å². The van der Waals surface area contributed by atoms with Gasteiger partial charge in [-0.15, -0.1) is 0 Å². The summed E-state index contributed by atoms with van der Waals surface area (Å²) in [5, 5.41) is 0. The van der Waals surface area contributed by atoms with Crippen LogP contribution >= 0.6 is 0 Å². The van der Waals surface area contributed by atoms with Crippen LogP contribution in [0.3, 0.4) is 0 Å². The van der Waals surface area contributed by atoms with Crippen LogP contribution in [0.25, 0.3) is 0 Å². The second-order valence-electron chi connectivity index (χ2n) is 4.74. The molecule has 0 unspecified atom stereocenters. The van der Waals surface area contributed by atoms with E-state index in [1.807, 2.05) is 18.2 Å². The van der Waals surface area contributed by atoms with Gasteiger partial charge in [-0.1, -0.05) is 30.3 Å². The number of methoxy groups -OCH3 is 1. The number of aryl methyl sites for hydroxylation is 1. The van der Waals surface area contributed by atoms with Gasteiger partial charge in [0.25, 0.3) is 0 Å². The molecule has 0 bridgehead atoms. The lowest BCUT2D eigenvalue weighted by molar-refractivity contribution is -0.131. The Balaban J connectivity index is 2.31. The van der Waals surface area contributed by atoms with Gasteiger partial charge in [0.15, 0.2) is 0 Å². The number of amides is 1. The SMILES string of the molecule is COCCCN(C)C(=O)[C@@H](N)CCc1ccccc1. The monoisotopic (exact) mass is 264 g/mol. The van der Waals surface area contributed by atoms with Gasteiger partial charge in [-0.2, -0.15) is 0 Å². The van der Waals surface area contributed by atoms with Crippen molar-refractivity contribution in [3.05, 3.63) is 35.9 Å². The number of likely N-dealkylation sites (N-methyl/N-ethyl adjacent to an activating group) is 1. The molecule has 0 heterocycles. The van der Waals surface area contributed by atoms with Crippen molar-refractivity contribution < 1.29 is 9.53 Å². The fraction of sp³-hybridized carbons (Fsp3) is 0.533. The Morgan fingerprint density at radius 1 is 1.37 bits per heavy atom. The number of carbonyl (C=O) groups is 1. The van der Waals surface area contributed by atoms with Gasteiger partial charge in [0.05, 0.1) is 6.04 Å². The Kier molecular flexibility index (Phi) is 7.15. The smallest absolute Gasteiger partial charge is 0.239 e. The maximum absolute atomic E-state index is 12.0. The molecule has 1 aromatic carbocycles. The first-order valence-electron chi connectivity index (χ1n) is 6.68. The molecule has 0 aliphatic heterocycles. The van der Waals surface area contributed by atoms with Crippen molar-refractivity contribution in [1.29, 1.82) is 0 Å². The maximum atomic E-state index is 12.0. The zero-order valence-electron chi connectivity index (χ0n) is 11.8. The summed E-state index contributed by atoms with van der Waals surface area (Å²) in [4.78, 5) is 13.7. The number of ether oxygens (including phenoxy) is 1. The maximum Gasteiger partial charge on any atom is 0.239 e. The minimum Gasteiger partial charge on any atom is -0.385 e. The number of hydrogen-bond acceptors (Lipinski definition) is 3. The van der Waals surface area contributed by atoms with Crippen LogP contribution in [-0.2, 0) is 16.0 Å². The van der Waals surface area contributed by atoms with Crippen molar-refractivity contribution in [1.82, 2.24) is 4.90 Å². The van der Waals surface area contributed by atoms with Crippen LogP contribution in [0.5, 0.6) is 0 Å². The molecule has 0 spiro atoms. The standard InChI is InChI=1S/C15H24N2O2/c1-17(11-6-12-19-2)15(18)14(16)10-9-13-7-4-3-5-8-13/h3-5,7-8,14H,6,9-12,16H2,1-2H3/t14-/m0/s1. The summed E-state index contributed by atoms with van der Waals surface area (Å²) >= 11 is 0. The lowest BCUT2D eigenvalue weighted by Gasteiger charge is -2.21. The minimum absolute atomic E-state index is 0.00651. The third-order valence-corrected chi connectivity index (χ3v) is 3.12. The van der Waals surface area contributed by atoms with Crippen LogP contribution in [0.4, 0.5) is 0 Å². The van der Waals surface area contributed by atoms with Gasteiger partial charge in [0, 0.05) is 27.3 Å². The highest BCUT2D eigenvalue weighted by atomic mass is 16.5. The third kappa shape index (κ3) is 5.85. The number of nitrogens with zero attached hydrogens (tertiary/aromatic N) is 1. The molecular weight excluding hydrogens is 240 g/mol. The Morgan fingerprint density at radius 2 is 2.05 bits per heavy atom. The number of rotatable bonds is 8. The first-order valence-corrected chi connectivity index (χ1v) is 6.68. The van der Waals surface area contributed by atoms with Gasteiger partial charge in [0.1, 0.15) is 0 Å². The Labute approximate surface area is 115 Å². The lowest BCUT2D eigenvalue weighted by Crippen LogP contribution is -2.42. The Bertz CT molecular complexity index is 368. The second kappa shape index (κ2) is 8.67. The van der Waals surface area contributed by atoms with Gasteiger partial charge in [0.2, 0.25) is 5.91 Å². The Hall–Kier alpha value is -1.39. The molecule has 0 aliphatic carbocycles. The van der Waals surface area contributed by atoms with Crippen LogP contribution in [0.1, 0.15) is 18.4 Å². The highest BCUT2D eigenvalue weighted by Crippen LogP contribution is 2.05. The number of benzene rings is 1. The van der Waals surface area contributed by atoms with Crippen LogP contribution in [-0.4, -0.2) is 44.2 Å². The predicted octanol–water partition coefficient (Wildman–Crippen LogP) is 1.44. The van der Waals surface area contributed by atoms with E-state index in [2.05, 4.69) is 12.1 Å². The summed E-state index contributed by atoms with van der Waals surface area (Å²) in [5.74, 6) is 0.00651. The first-order chi connectivity index (χ1) is 9.15. The van der Waals surface area contributed by atoms with E-state index in [9.17, 15) is 4.79 Å². The van der Waals surface area contributed by atoms with Crippen molar-refractivity contribution in [3.8, 4) is 0 Å². The van der Waals surface area contributed by atoms with E-state index in [0.717, 1.165) is 12.8 Å². The molecule has 1 atom stereocenters. The van der Waals surface area contributed by atoms with E-state index in [0.29, 0.717) is 19.6 Å². The summed E-state index contributed by atoms with van der Waals surface area (Å²) < 4.78 is 4.97. The van der Waals surface area contributed by atoms with E-state index < -0.39 is 6.04 Å². The van der Waals surface area contributed by atoms with E-state index >= 15 is 0 Å². The molecular formula is C15H24N2O2. The average molecular weight is 264 g/mol. The molecule has 0 saturated carbocycles. The van der Waals surface area contributed by atoms with Gasteiger partial charge in [-0.05, 0) is 24.8 Å². The molecule has 0 saturated heterocycles. The van der Waals surface area contributed by atoms with Crippen LogP contribution < -0.4 is 5.73 Å². The highest BCUT2D eigenvalue weighted by Gasteiger charge is 2.17. The van der Waals surface area contributed by atoms with E-state index in [4.69, 9.17) is 10.5 Å². The van der Waals surface area contributed by atoms with Gasteiger partial charge >= 0.3 is 0 Å². The zero-order valence-corrected chi connectivity index (χ0v) is 11.8. The molecule has 19 heavy (non-hydrogen) atoms. The van der Waals surface area contributed by atoms with Crippen LogP contribution in [0.2, 0.25) is 0 Å². The summed E-state index contributed by atoms with van der Waals surface area (Å²) in [5.41, 5.74) is 7.16. The molecule has 1 amide bonds. The van der Waals surface area contributed by atoms with Crippen molar-refractivity contribution >= 4 is 5.91 Å². The molecule has 1 rings (SSSR count). The van der Waals surface area contributed by atoms with E-state index in [1.54, 1.807) is 19.1 Å². The number of nitrogens with two attached hydrogens (primary N) is 1. The molecule has 0 aliphatic rings. The van der Waals surface area contributed by atoms with Crippen molar-refractivity contribution in [2.75, 3.05) is 27.3 Å². The average Bonchev–Trinajstić information content (AvgIpc) is 2.45. The minimum atomic E-state index is -0.423. The molecule has 0 aromatic heterocycles. The quantitative estimate of drug-likeness (QED) is 0.723. The second-order valence-corrected chi connectivity index (χ2v) is 4.74. The largest absolute Gasteiger partial charge is 0.385 e. The summed E-state index contributed by atoms with van der Waals surface area (Å²) in [7, 11) is 3.45. The topological polar surface area (TPSA) is 55.6 Å². The first kappa shape index (κ1) is 15.7. The van der Waals surface area contributed by atoms with E-state index in [-0.39, 0.29) is 5.91 Å². The molecule has 4 heteroatoms. The van der Waals surface area contributed by atoms with Crippen molar-refractivity contribution in [2.45, 2.75) is 25.3 Å². The number of hydrogen-bond donors (Lipinski definition) is 1. The van der Waals surface area contributed by atoms with E-state index in [1.165, 1.54) is 5.56 Å². The third-order valence-electron chi connectivity index (χ3n) is 3.12. The summed E-state index contributed by atoms with van der Waals surface area (Å²) in [6, 6.07) is 9.67. The van der Waals surface area contributed by atoms with Crippen LogP contribution in [0.15, 0.2) is 30.3 Å². The Morgan fingerprint density at radius 3 is 2.68 bits per heavy atom. The fourth-order valence-corrected chi connectivity index (χ4v) is 1.93. The van der Waals surface area contributed by atoms with Crippen molar-refractivity contribution in [3.63, 3.8) is 0 Å². The number of carbonyl (C=O) groups excluding carboxylic acids is 1. The molecule has 1 aromatic rings. The molecule has 0 radical (unpaired) electrons. The summed E-state index contributed by atoms with van der Waals surface area (Å²) in [6.07, 6.45) is 2.35. The predicted molar refractivity (Wildman–Crippen MR) is 76.9 cm³/mol. The molecule has 0 fully saturated rings. The van der Waals surface area contributed by atoms with Crippen LogP contribution in [0, 0.1) is 0 Å². The lowest BCUT2D eigenvalue weighted by atomic mass is 10.1. The zero-order chi connectivity index (χ0) is 14.1. The van der Waals surface area contributed by atoms with Gasteiger partial charge < -0.3 is 15.4 Å². The summed E-state index contributed by atoms with van der Waals surface area (Å²) in [6.45, 7) is 1.35. The normalized spacial score (nSPS) is 12.2. The molecule has 4 nitrogen and oxygen atoms in total. The highest BCUT2D eigenvalue weighted by molar-refractivity contribution is 5.81. The van der Waals surface area contributed by atoms with Crippen molar-refractivity contribution in [2.24, 2.45) is 5.73 Å². The molecule has 106 valence electrons. The fourth-order valence-electron chi connectivity index (χ4n) is 1.93. The molecule has 2 N–H and O–H groups in total.